The molecule has 0 bridgehead atoms. The third kappa shape index (κ3) is 3.36. The summed E-state index contributed by atoms with van der Waals surface area (Å²) in [5, 5.41) is 9.38. The van der Waals surface area contributed by atoms with E-state index in [9.17, 15) is 0 Å². The number of hydrogen-bond donors (Lipinski definition) is 2. The van der Waals surface area contributed by atoms with E-state index in [1.807, 2.05) is 19.1 Å². The number of aryl methyl sites for hydroxylation is 1. The van der Waals surface area contributed by atoms with Crippen LogP contribution in [-0.4, -0.2) is 9.97 Å². The fourth-order valence-corrected chi connectivity index (χ4v) is 2.54. The van der Waals surface area contributed by atoms with Crippen molar-refractivity contribution >= 4 is 23.4 Å². The van der Waals surface area contributed by atoms with Crippen LogP contribution in [0.4, 0.5) is 11.6 Å². The molecule has 1 aromatic heterocycles. The highest BCUT2D eigenvalue weighted by Gasteiger charge is 2.05. The number of hydrogen-bond acceptors (Lipinski definition) is 6. The van der Waals surface area contributed by atoms with Gasteiger partial charge < -0.3 is 11.5 Å². The number of aromatic nitrogens is 2. The lowest BCUT2D eigenvalue weighted by Gasteiger charge is -2.06. The Hall–Kier alpha value is -2.26. The molecule has 0 saturated carbocycles. The molecule has 1 heterocycles. The first-order valence-corrected chi connectivity index (χ1v) is 6.59. The van der Waals surface area contributed by atoms with Crippen LogP contribution in [0, 0.1) is 18.3 Å². The number of nitrogen functional groups attached to an aromatic ring is 2. The molecule has 4 N–H and O–H groups in total. The molecule has 0 atom stereocenters. The van der Waals surface area contributed by atoms with Gasteiger partial charge in [-0.25, -0.2) is 9.97 Å². The Morgan fingerprint density at radius 3 is 2.47 bits per heavy atom. The maximum absolute atomic E-state index is 8.82. The smallest absolute Gasteiger partial charge is 0.191 e. The van der Waals surface area contributed by atoms with Crippen LogP contribution in [0.1, 0.15) is 16.7 Å². The molecule has 0 aliphatic heterocycles. The van der Waals surface area contributed by atoms with E-state index in [4.69, 9.17) is 16.7 Å². The van der Waals surface area contributed by atoms with Crippen LogP contribution in [0.5, 0.6) is 0 Å². The van der Waals surface area contributed by atoms with Gasteiger partial charge in [0.25, 0.3) is 0 Å². The van der Waals surface area contributed by atoms with E-state index < -0.39 is 0 Å². The van der Waals surface area contributed by atoms with E-state index >= 15 is 0 Å². The van der Waals surface area contributed by atoms with Crippen molar-refractivity contribution in [2.45, 2.75) is 17.8 Å². The molecule has 0 aliphatic carbocycles. The Bertz CT molecular complexity index is 628. The van der Waals surface area contributed by atoms with Gasteiger partial charge in [0.05, 0.1) is 11.6 Å². The summed E-state index contributed by atoms with van der Waals surface area (Å²) in [5.74, 6) is 1.44. The molecule has 0 amide bonds. The van der Waals surface area contributed by atoms with Gasteiger partial charge in [-0.2, -0.15) is 5.26 Å². The van der Waals surface area contributed by atoms with Crippen LogP contribution in [0.15, 0.2) is 29.4 Å². The zero-order valence-corrected chi connectivity index (χ0v) is 11.2. The molecule has 2 rings (SSSR count). The lowest BCUT2D eigenvalue weighted by Crippen LogP contribution is -1.99. The minimum absolute atomic E-state index is 0.367. The van der Waals surface area contributed by atoms with Gasteiger partial charge in [-0.1, -0.05) is 17.8 Å². The second-order valence-corrected chi connectivity index (χ2v) is 4.98. The van der Waals surface area contributed by atoms with Crippen molar-refractivity contribution in [2.75, 3.05) is 11.5 Å². The Kier molecular flexibility index (Phi) is 3.88. The molecule has 0 radical (unpaired) electrons. The third-order valence-corrected chi connectivity index (χ3v) is 3.47. The van der Waals surface area contributed by atoms with Crippen molar-refractivity contribution in [3.63, 3.8) is 0 Å². The number of nitrogens with zero attached hydrogens (tertiary/aromatic N) is 3. The predicted molar refractivity (Wildman–Crippen MR) is 76.3 cm³/mol. The highest BCUT2D eigenvalue weighted by Crippen LogP contribution is 2.23. The van der Waals surface area contributed by atoms with Gasteiger partial charge in [-0.15, -0.1) is 0 Å². The van der Waals surface area contributed by atoms with E-state index in [-0.39, 0.29) is 0 Å². The van der Waals surface area contributed by atoms with Gasteiger partial charge in [0.2, 0.25) is 0 Å². The highest BCUT2D eigenvalue weighted by atomic mass is 32.2. The van der Waals surface area contributed by atoms with Crippen LogP contribution < -0.4 is 11.5 Å². The zero-order valence-electron chi connectivity index (χ0n) is 10.4. The molecular formula is C13H13N5S. The van der Waals surface area contributed by atoms with Crippen LogP contribution in [-0.2, 0) is 5.75 Å². The maximum atomic E-state index is 8.82. The Labute approximate surface area is 115 Å². The lowest BCUT2D eigenvalue weighted by atomic mass is 10.1. The predicted octanol–water partition coefficient (Wildman–Crippen LogP) is 2.11. The first kappa shape index (κ1) is 13.2. The highest BCUT2D eigenvalue weighted by molar-refractivity contribution is 7.98. The van der Waals surface area contributed by atoms with Crippen LogP contribution in [0.2, 0.25) is 0 Å². The first-order chi connectivity index (χ1) is 9.08. The average Bonchev–Trinajstić information content (AvgIpc) is 2.36. The summed E-state index contributed by atoms with van der Waals surface area (Å²) in [4.78, 5) is 8.22. The minimum Gasteiger partial charge on any atom is -0.383 e. The van der Waals surface area contributed by atoms with Gasteiger partial charge in [-0.3, -0.25) is 0 Å². The van der Waals surface area contributed by atoms with Gasteiger partial charge in [0, 0.05) is 11.8 Å². The minimum atomic E-state index is 0.367. The summed E-state index contributed by atoms with van der Waals surface area (Å²) < 4.78 is 0. The molecule has 1 aromatic carbocycles. The topological polar surface area (TPSA) is 102 Å². The van der Waals surface area contributed by atoms with E-state index in [1.165, 1.54) is 17.8 Å². The van der Waals surface area contributed by atoms with Crippen molar-refractivity contribution in [1.82, 2.24) is 9.97 Å². The first-order valence-electron chi connectivity index (χ1n) is 5.61. The number of benzene rings is 1. The summed E-state index contributed by atoms with van der Waals surface area (Å²) >= 11 is 1.46. The molecule has 96 valence electrons. The average molecular weight is 271 g/mol. The Morgan fingerprint density at radius 2 is 1.89 bits per heavy atom. The van der Waals surface area contributed by atoms with E-state index in [1.54, 1.807) is 6.07 Å². The van der Waals surface area contributed by atoms with E-state index in [0.29, 0.717) is 28.1 Å². The molecule has 0 fully saturated rings. The summed E-state index contributed by atoms with van der Waals surface area (Å²) in [6.07, 6.45) is 0. The Morgan fingerprint density at radius 1 is 1.21 bits per heavy atom. The number of nitriles is 1. The second kappa shape index (κ2) is 5.59. The maximum Gasteiger partial charge on any atom is 0.191 e. The molecule has 6 heteroatoms. The number of anilines is 2. The van der Waals surface area contributed by atoms with Gasteiger partial charge >= 0.3 is 0 Å². The fourth-order valence-electron chi connectivity index (χ4n) is 1.60. The van der Waals surface area contributed by atoms with Crippen molar-refractivity contribution in [3.05, 3.63) is 41.0 Å². The largest absolute Gasteiger partial charge is 0.383 e. The van der Waals surface area contributed by atoms with E-state index in [0.717, 1.165) is 11.1 Å². The molecule has 0 unspecified atom stereocenters. The molecule has 0 aliphatic rings. The quantitative estimate of drug-likeness (QED) is 0.655. The summed E-state index contributed by atoms with van der Waals surface area (Å²) in [6.45, 7) is 1.98. The SMILES string of the molecule is Cc1cc(C#N)ccc1CSc1nc(N)cc(N)n1. The normalized spacial score (nSPS) is 10.1. The van der Waals surface area contributed by atoms with Gasteiger partial charge in [0.1, 0.15) is 11.6 Å². The van der Waals surface area contributed by atoms with Crippen molar-refractivity contribution < 1.29 is 0 Å². The van der Waals surface area contributed by atoms with Crippen LogP contribution in [0.3, 0.4) is 0 Å². The molecule has 0 saturated heterocycles. The summed E-state index contributed by atoms with van der Waals surface area (Å²) in [6, 6.07) is 9.25. The lowest BCUT2D eigenvalue weighted by molar-refractivity contribution is 0.983. The van der Waals surface area contributed by atoms with Crippen molar-refractivity contribution in [3.8, 4) is 6.07 Å². The molecule has 5 nitrogen and oxygen atoms in total. The summed E-state index contributed by atoms with van der Waals surface area (Å²) in [7, 11) is 0. The van der Waals surface area contributed by atoms with Crippen molar-refractivity contribution in [2.24, 2.45) is 0 Å². The number of nitrogens with two attached hydrogens (primary N) is 2. The van der Waals surface area contributed by atoms with Crippen molar-refractivity contribution in [1.29, 1.82) is 5.26 Å². The zero-order chi connectivity index (χ0) is 13.8. The van der Waals surface area contributed by atoms with E-state index in [2.05, 4.69) is 16.0 Å². The van der Waals surface area contributed by atoms with Gasteiger partial charge in [-0.05, 0) is 30.2 Å². The number of rotatable bonds is 3. The molecule has 19 heavy (non-hydrogen) atoms. The Balaban J connectivity index is 2.12. The van der Waals surface area contributed by atoms with Crippen LogP contribution in [0.25, 0.3) is 0 Å². The molecular weight excluding hydrogens is 258 g/mol. The third-order valence-electron chi connectivity index (χ3n) is 2.57. The van der Waals surface area contributed by atoms with Crippen LogP contribution >= 0.6 is 11.8 Å². The molecule has 2 aromatic rings. The number of thioether (sulfide) groups is 1. The standard InChI is InChI=1S/C13H13N5S/c1-8-4-9(6-14)2-3-10(8)7-19-13-17-11(15)5-12(16)18-13/h2-5H,7H2,1H3,(H4,15,16,17,18). The summed E-state index contributed by atoms with van der Waals surface area (Å²) in [5.41, 5.74) is 14.1. The fraction of sp³-hybridized carbons (Fsp3) is 0.154. The monoisotopic (exact) mass is 271 g/mol. The van der Waals surface area contributed by atoms with Gasteiger partial charge in [0.15, 0.2) is 5.16 Å². The second-order valence-electron chi connectivity index (χ2n) is 4.04. The molecule has 0 spiro atoms.